The van der Waals surface area contributed by atoms with Gasteiger partial charge in [0.1, 0.15) is 5.69 Å². The Kier molecular flexibility index (Phi) is 13.9. The molecule has 0 aliphatic heterocycles. The molecule has 1 aromatic heterocycles. The summed E-state index contributed by atoms with van der Waals surface area (Å²) in [7, 11) is -13.3. The normalized spacial score (nSPS) is 12.4. The van der Waals surface area contributed by atoms with Crippen LogP contribution in [0.4, 0.5) is 34.6 Å². The lowest BCUT2D eigenvalue weighted by Gasteiger charge is -2.15. The number of aromatic hydroxyl groups is 1. The number of nitrogens with zero attached hydrogens (tertiary/aromatic N) is 5. The summed E-state index contributed by atoms with van der Waals surface area (Å²) in [6.45, 7) is -0.325. The summed E-state index contributed by atoms with van der Waals surface area (Å²) in [5.74, 6) is -1.78. The molecular weight excluding hydrogens is 874 g/mol. The van der Waals surface area contributed by atoms with Crippen LogP contribution in [0.15, 0.2) is 96.5 Å². The Morgan fingerprint density at radius 2 is 1.45 bits per heavy atom. The molecule has 0 unspecified atom stereocenters. The Balaban J connectivity index is 1.53. The molecule has 1 heterocycles. The van der Waals surface area contributed by atoms with Crippen LogP contribution in [0.1, 0.15) is 0 Å². The number of benzene rings is 4. The van der Waals surface area contributed by atoms with E-state index in [9.17, 15) is 39.5 Å². The number of nitrogens with one attached hydrogen (secondary N) is 2. The maximum atomic E-state index is 12.6. The van der Waals surface area contributed by atoms with Crippen LogP contribution in [0.5, 0.6) is 5.75 Å². The lowest BCUT2D eigenvalue weighted by Crippen LogP contribution is -2.10. The minimum atomic E-state index is -4.90. The number of hydrogen-bond acceptors (Lipinski definition) is 23. The minimum absolute atomic E-state index is 0.0731. The van der Waals surface area contributed by atoms with Crippen molar-refractivity contribution in [1.29, 1.82) is 0 Å². The summed E-state index contributed by atoms with van der Waals surface area (Å²) in [4.78, 5) is 10.6. The van der Waals surface area contributed by atoms with Gasteiger partial charge in [0.15, 0.2) is 27.9 Å². The molecule has 0 saturated carbocycles. The maximum absolute atomic E-state index is 12.6. The Bertz CT molecular complexity index is 2610. The van der Waals surface area contributed by atoms with Crippen molar-refractivity contribution in [3.05, 3.63) is 72.0 Å². The lowest BCUT2D eigenvalue weighted by molar-refractivity contribution is -0.434. The molecule has 0 aliphatic rings. The summed E-state index contributed by atoms with van der Waals surface area (Å²) < 4.78 is 106. The SMILES string of the molecule is O=S(=O)(O)c1cccc(Nc2nc(Cl)nc(Nc3cc(S(=O)(=O)O)cc4cc(SOOO)c(/N=N/c5ccc(S(=O)(=O)CCOSOOO)cc5)c(O)c34)n2)c1. The highest BCUT2D eigenvalue weighted by atomic mass is 35.5. The van der Waals surface area contributed by atoms with E-state index in [1.807, 2.05) is 0 Å². The number of halogens is 1. The first-order valence-electron chi connectivity index (χ1n) is 14.5. The first-order valence-corrected chi connectivity index (χ1v) is 20.8. The fourth-order valence-electron chi connectivity index (χ4n) is 4.52. The van der Waals surface area contributed by atoms with Gasteiger partial charge in [-0.1, -0.05) is 16.1 Å². The molecule has 0 radical (unpaired) electrons. The van der Waals surface area contributed by atoms with Crippen molar-refractivity contribution < 1.29 is 72.9 Å². The van der Waals surface area contributed by atoms with Gasteiger partial charge in [-0.05, 0) is 77.7 Å². The van der Waals surface area contributed by atoms with Crippen LogP contribution >= 0.6 is 36.0 Å². The fraction of sp³-hybridized carbons (Fsp3) is 0.0741. The second kappa shape index (κ2) is 18.3. The van der Waals surface area contributed by atoms with Crippen molar-refractivity contribution in [2.75, 3.05) is 23.0 Å². The number of anilines is 4. The second-order valence-electron chi connectivity index (χ2n) is 10.4. The van der Waals surface area contributed by atoms with Crippen molar-refractivity contribution in [2.24, 2.45) is 10.2 Å². The highest BCUT2D eigenvalue weighted by molar-refractivity contribution is 7.94. The van der Waals surface area contributed by atoms with Crippen molar-refractivity contribution in [2.45, 2.75) is 19.6 Å². The molecule has 56 heavy (non-hydrogen) atoms. The molecule has 7 N–H and O–H groups in total. The average Bonchev–Trinajstić information content (AvgIpc) is 3.12. The summed E-state index contributed by atoms with van der Waals surface area (Å²) >= 11 is 6.63. The number of fused-ring (bicyclic) bond motifs is 1. The van der Waals surface area contributed by atoms with Crippen LogP contribution in [0.2, 0.25) is 5.28 Å². The summed E-state index contributed by atoms with van der Waals surface area (Å²) in [5, 5.41) is 48.3. The van der Waals surface area contributed by atoms with E-state index in [2.05, 4.69) is 54.6 Å². The van der Waals surface area contributed by atoms with Gasteiger partial charge in [-0.15, -0.1) is 13.8 Å². The highest BCUT2D eigenvalue weighted by Gasteiger charge is 2.23. The van der Waals surface area contributed by atoms with E-state index < -0.39 is 56.7 Å². The van der Waals surface area contributed by atoms with Crippen molar-refractivity contribution in [3.63, 3.8) is 0 Å². The molecule has 29 heteroatoms. The second-order valence-corrected chi connectivity index (χ2v) is 16.9. The third-order valence-corrected chi connectivity index (χ3v) is 11.4. The molecule has 298 valence electrons. The number of phenolic OH excluding ortho intramolecular Hbond substituents is 1. The van der Waals surface area contributed by atoms with Crippen LogP contribution in [0.3, 0.4) is 0 Å². The van der Waals surface area contributed by atoms with Crippen LogP contribution in [-0.4, -0.2) is 77.3 Å². The lowest BCUT2D eigenvalue weighted by atomic mass is 10.1. The molecule has 0 saturated heterocycles. The van der Waals surface area contributed by atoms with E-state index in [-0.39, 0.29) is 74.1 Å². The van der Waals surface area contributed by atoms with Crippen LogP contribution in [-0.2, 0) is 53.0 Å². The summed E-state index contributed by atoms with van der Waals surface area (Å²) in [6.07, 6.45) is 0. The third kappa shape index (κ3) is 11.1. The molecule has 0 fully saturated rings. The number of aromatic nitrogens is 3. The first kappa shape index (κ1) is 42.8. The van der Waals surface area contributed by atoms with Crippen molar-refractivity contribution in [1.82, 2.24) is 15.0 Å². The molecular formula is C27H22ClN7O16S5. The predicted octanol–water partition coefficient (Wildman–Crippen LogP) is 5.98. The number of hydrogen-bond donors (Lipinski definition) is 7. The van der Waals surface area contributed by atoms with E-state index in [1.165, 1.54) is 42.5 Å². The van der Waals surface area contributed by atoms with E-state index >= 15 is 0 Å². The standard InChI is InChI=1S/C27H22ClN7O16S5/c28-25-31-26(29-16-2-1-3-18(12-16)55(41,42)43)33-27(32-25)30-20-13-19(56(44,45)46)10-14-11-21(52-50-48-37)23(24(36)22(14)20)35-34-15-4-6-17(7-5-15)54(39,40)9-8-47-53-51-49-38/h1-7,10-13,36-38H,8-9H2,(H,41,42,43)(H,44,45,46)(H2,29,30,31,32,33)/b35-34+. The van der Waals surface area contributed by atoms with Gasteiger partial charge >= 0.3 is 0 Å². The Hall–Kier alpha value is -4.37. The average molecular weight is 896 g/mol. The maximum Gasteiger partial charge on any atom is 0.294 e. The topological polar surface area (TPSA) is 337 Å². The fourth-order valence-corrected chi connectivity index (χ4v) is 7.66. The smallest absolute Gasteiger partial charge is 0.294 e. The molecule has 0 atom stereocenters. The van der Waals surface area contributed by atoms with Gasteiger partial charge in [-0.2, -0.15) is 36.9 Å². The van der Waals surface area contributed by atoms with Gasteiger partial charge < -0.3 is 15.7 Å². The molecule has 0 bridgehead atoms. The van der Waals surface area contributed by atoms with Crippen molar-refractivity contribution in [3.8, 4) is 5.75 Å². The van der Waals surface area contributed by atoms with Crippen molar-refractivity contribution >= 4 is 111 Å². The van der Waals surface area contributed by atoms with E-state index in [4.69, 9.17) is 26.3 Å². The predicted molar refractivity (Wildman–Crippen MR) is 195 cm³/mol. The number of phenols is 1. The summed E-state index contributed by atoms with van der Waals surface area (Å²) in [5.41, 5.74) is -0.423. The highest BCUT2D eigenvalue weighted by Crippen LogP contribution is 2.47. The molecule has 4 aromatic carbocycles. The number of sulfone groups is 1. The molecule has 0 amide bonds. The zero-order valence-corrected chi connectivity index (χ0v) is 32.0. The molecule has 0 spiro atoms. The minimum Gasteiger partial charge on any atom is -0.505 e. The van der Waals surface area contributed by atoms with Crippen LogP contribution in [0, 0.1) is 0 Å². The summed E-state index contributed by atoms with van der Waals surface area (Å²) in [6, 6.07) is 13.0. The van der Waals surface area contributed by atoms with E-state index in [0.29, 0.717) is 12.0 Å². The van der Waals surface area contributed by atoms with Gasteiger partial charge in [-0.3, -0.25) is 13.3 Å². The van der Waals surface area contributed by atoms with Gasteiger partial charge in [0.25, 0.3) is 20.2 Å². The molecule has 0 aliphatic carbocycles. The van der Waals surface area contributed by atoms with E-state index in [1.54, 1.807) is 0 Å². The largest absolute Gasteiger partial charge is 0.505 e. The van der Waals surface area contributed by atoms with Gasteiger partial charge in [0.05, 0.1) is 55.4 Å². The molecule has 5 rings (SSSR count). The van der Waals surface area contributed by atoms with Crippen LogP contribution < -0.4 is 10.6 Å². The zero-order chi connectivity index (χ0) is 40.7. The van der Waals surface area contributed by atoms with Gasteiger partial charge in [0, 0.05) is 11.1 Å². The number of rotatable bonds is 18. The Morgan fingerprint density at radius 3 is 2.11 bits per heavy atom. The Morgan fingerprint density at radius 1 is 0.768 bits per heavy atom. The quantitative estimate of drug-likeness (QED) is 0.0133. The third-order valence-electron chi connectivity index (χ3n) is 6.82. The van der Waals surface area contributed by atoms with Crippen LogP contribution in [0.25, 0.3) is 10.8 Å². The van der Waals surface area contributed by atoms with Gasteiger partial charge in [0.2, 0.25) is 17.2 Å². The monoisotopic (exact) mass is 895 g/mol. The van der Waals surface area contributed by atoms with Gasteiger partial charge in [-0.25, -0.2) is 18.9 Å². The molecule has 5 aromatic rings. The molecule has 23 nitrogen and oxygen atoms in total. The zero-order valence-electron chi connectivity index (χ0n) is 27.1. The first-order chi connectivity index (χ1) is 26.5. The van der Waals surface area contributed by atoms with E-state index in [0.717, 1.165) is 24.3 Å². The Labute approximate surface area is 328 Å². The number of azo groups is 1.